The molecular formula is C28H30N4O4. The van der Waals surface area contributed by atoms with Crippen LogP contribution < -0.4 is 9.47 Å². The van der Waals surface area contributed by atoms with E-state index in [-0.39, 0.29) is 24.4 Å². The standard InChI is InChI=1S/C28H30N4O4/c1-3-7-21(8-4-1)18-33-23-16-26(36-27-11-13-29-31(27)17-23)25-15-24(20-35-28-12-14-30-32(25)28)34-19-22-9-5-2-6-10-22/h1-14,23-26H,15-20H2. The summed E-state index contributed by atoms with van der Waals surface area (Å²) >= 11 is 0. The van der Waals surface area contributed by atoms with Crippen molar-refractivity contribution >= 4 is 0 Å². The van der Waals surface area contributed by atoms with Crippen LogP contribution >= 0.6 is 0 Å². The van der Waals surface area contributed by atoms with E-state index in [0.717, 1.165) is 22.9 Å². The topological polar surface area (TPSA) is 72.6 Å². The third-order valence-electron chi connectivity index (χ3n) is 6.78. The van der Waals surface area contributed by atoms with Gasteiger partial charge in [0.15, 0.2) is 0 Å². The Bertz CT molecular complexity index is 1240. The molecule has 2 aromatic heterocycles. The highest BCUT2D eigenvalue weighted by molar-refractivity contribution is 5.16. The van der Waals surface area contributed by atoms with Crippen molar-refractivity contribution < 1.29 is 18.9 Å². The lowest BCUT2D eigenvalue weighted by molar-refractivity contribution is -0.0199. The van der Waals surface area contributed by atoms with E-state index in [4.69, 9.17) is 18.9 Å². The molecule has 8 heteroatoms. The van der Waals surface area contributed by atoms with E-state index in [2.05, 4.69) is 34.5 Å². The van der Waals surface area contributed by atoms with E-state index in [1.807, 2.05) is 57.9 Å². The lowest BCUT2D eigenvalue weighted by atomic mass is 9.98. The van der Waals surface area contributed by atoms with Gasteiger partial charge in [-0.3, -0.25) is 0 Å². The highest BCUT2D eigenvalue weighted by Crippen LogP contribution is 2.35. The zero-order valence-electron chi connectivity index (χ0n) is 20.1. The molecule has 4 atom stereocenters. The number of rotatable bonds is 7. The third kappa shape index (κ3) is 5.15. The summed E-state index contributed by atoms with van der Waals surface area (Å²) in [6, 6.07) is 24.2. The fourth-order valence-electron chi connectivity index (χ4n) is 4.93. The van der Waals surface area contributed by atoms with Crippen LogP contribution in [0.4, 0.5) is 0 Å². The molecule has 0 spiro atoms. The molecule has 36 heavy (non-hydrogen) atoms. The first-order valence-electron chi connectivity index (χ1n) is 12.5. The van der Waals surface area contributed by atoms with Crippen molar-refractivity contribution in [2.45, 2.75) is 57.0 Å². The molecule has 0 N–H and O–H groups in total. The molecule has 0 amide bonds. The largest absolute Gasteiger partial charge is 0.475 e. The molecule has 4 heterocycles. The van der Waals surface area contributed by atoms with Gasteiger partial charge in [-0.2, -0.15) is 10.2 Å². The van der Waals surface area contributed by atoms with Crippen molar-refractivity contribution in [3.63, 3.8) is 0 Å². The fourth-order valence-corrected chi connectivity index (χ4v) is 4.93. The number of fused-ring (bicyclic) bond motifs is 2. The van der Waals surface area contributed by atoms with Crippen LogP contribution in [-0.4, -0.2) is 44.5 Å². The molecule has 6 rings (SSSR count). The molecule has 2 aliphatic rings. The Hall–Kier alpha value is -3.62. The van der Waals surface area contributed by atoms with Crippen molar-refractivity contribution in [2.75, 3.05) is 6.61 Å². The van der Waals surface area contributed by atoms with Crippen molar-refractivity contribution in [3.8, 4) is 11.8 Å². The number of ether oxygens (including phenoxy) is 4. The van der Waals surface area contributed by atoms with Crippen molar-refractivity contribution in [1.29, 1.82) is 0 Å². The van der Waals surface area contributed by atoms with E-state index in [9.17, 15) is 0 Å². The molecular weight excluding hydrogens is 456 g/mol. The van der Waals surface area contributed by atoms with Gasteiger partial charge in [-0.05, 0) is 11.1 Å². The van der Waals surface area contributed by atoms with Gasteiger partial charge in [0.25, 0.3) is 0 Å². The summed E-state index contributed by atoms with van der Waals surface area (Å²) in [5.74, 6) is 1.47. The summed E-state index contributed by atoms with van der Waals surface area (Å²) in [6.45, 7) is 2.17. The fraction of sp³-hybridized carbons (Fsp3) is 0.357. The summed E-state index contributed by atoms with van der Waals surface area (Å²) < 4.78 is 29.2. The van der Waals surface area contributed by atoms with Crippen LogP contribution in [0.25, 0.3) is 0 Å². The summed E-state index contributed by atoms with van der Waals surface area (Å²) in [7, 11) is 0. The minimum absolute atomic E-state index is 0.0665. The molecule has 186 valence electrons. The highest BCUT2D eigenvalue weighted by atomic mass is 16.5. The van der Waals surface area contributed by atoms with Gasteiger partial charge in [0.2, 0.25) is 11.8 Å². The average molecular weight is 487 g/mol. The maximum absolute atomic E-state index is 6.56. The Morgan fingerprint density at radius 1 is 0.750 bits per heavy atom. The van der Waals surface area contributed by atoms with Crippen LogP contribution in [0.1, 0.15) is 30.0 Å². The first-order chi connectivity index (χ1) is 17.8. The van der Waals surface area contributed by atoms with Crippen LogP contribution in [0.3, 0.4) is 0 Å². The number of hydrogen-bond donors (Lipinski definition) is 0. The Balaban J connectivity index is 1.22. The maximum atomic E-state index is 6.56. The van der Waals surface area contributed by atoms with Gasteiger partial charge in [-0.15, -0.1) is 0 Å². The average Bonchev–Trinajstić information content (AvgIpc) is 3.48. The third-order valence-corrected chi connectivity index (χ3v) is 6.78. The van der Waals surface area contributed by atoms with Gasteiger partial charge in [0, 0.05) is 25.0 Å². The van der Waals surface area contributed by atoms with Crippen molar-refractivity contribution in [2.24, 2.45) is 0 Å². The second kappa shape index (κ2) is 10.6. The van der Waals surface area contributed by atoms with Gasteiger partial charge >= 0.3 is 0 Å². The number of benzene rings is 2. The van der Waals surface area contributed by atoms with Gasteiger partial charge < -0.3 is 18.9 Å². The zero-order chi connectivity index (χ0) is 24.2. The second-order valence-corrected chi connectivity index (χ2v) is 9.31. The second-order valence-electron chi connectivity index (χ2n) is 9.31. The lowest BCUT2D eigenvalue weighted by Crippen LogP contribution is -2.35. The Kier molecular flexibility index (Phi) is 6.69. The van der Waals surface area contributed by atoms with E-state index >= 15 is 0 Å². The van der Waals surface area contributed by atoms with Gasteiger partial charge in [0.1, 0.15) is 12.7 Å². The van der Waals surface area contributed by atoms with Crippen molar-refractivity contribution in [1.82, 2.24) is 19.6 Å². The number of nitrogens with zero attached hydrogens (tertiary/aromatic N) is 4. The number of hydrogen-bond acceptors (Lipinski definition) is 6. The minimum Gasteiger partial charge on any atom is -0.475 e. The molecule has 0 radical (unpaired) electrons. The van der Waals surface area contributed by atoms with Crippen LogP contribution in [-0.2, 0) is 29.2 Å². The molecule has 0 fully saturated rings. The molecule has 2 aromatic carbocycles. The summed E-state index contributed by atoms with van der Waals surface area (Å²) in [4.78, 5) is 0. The van der Waals surface area contributed by atoms with Crippen LogP contribution in [0, 0.1) is 0 Å². The first kappa shape index (κ1) is 22.8. The van der Waals surface area contributed by atoms with Crippen LogP contribution in [0.15, 0.2) is 85.2 Å². The van der Waals surface area contributed by atoms with E-state index in [1.54, 1.807) is 12.4 Å². The molecule has 2 aliphatic heterocycles. The van der Waals surface area contributed by atoms with Gasteiger partial charge in [-0.1, -0.05) is 60.7 Å². The molecule has 4 aromatic rings. The molecule has 0 bridgehead atoms. The normalized spacial score (nSPS) is 23.4. The Labute approximate surface area is 210 Å². The molecule has 8 nitrogen and oxygen atoms in total. The Morgan fingerprint density at radius 3 is 2.17 bits per heavy atom. The van der Waals surface area contributed by atoms with Crippen LogP contribution in [0.2, 0.25) is 0 Å². The zero-order valence-corrected chi connectivity index (χ0v) is 20.1. The quantitative estimate of drug-likeness (QED) is 0.385. The predicted octanol–water partition coefficient (Wildman–Crippen LogP) is 4.43. The van der Waals surface area contributed by atoms with E-state index in [0.29, 0.717) is 39.2 Å². The smallest absolute Gasteiger partial charge is 0.212 e. The van der Waals surface area contributed by atoms with Crippen molar-refractivity contribution in [3.05, 3.63) is 96.3 Å². The molecule has 0 saturated heterocycles. The lowest BCUT2D eigenvalue weighted by Gasteiger charge is -2.29. The predicted molar refractivity (Wildman–Crippen MR) is 133 cm³/mol. The monoisotopic (exact) mass is 486 g/mol. The molecule has 0 aliphatic carbocycles. The summed E-state index contributed by atoms with van der Waals surface area (Å²) in [5.41, 5.74) is 2.28. The van der Waals surface area contributed by atoms with E-state index in [1.165, 1.54) is 0 Å². The minimum atomic E-state index is -0.188. The Morgan fingerprint density at radius 2 is 1.42 bits per heavy atom. The van der Waals surface area contributed by atoms with Gasteiger partial charge in [0.05, 0.1) is 50.4 Å². The first-order valence-corrected chi connectivity index (χ1v) is 12.5. The summed E-state index contributed by atoms with van der Waals surface area (Å²) in [5, 5.41) is 9.08. The molecule has 4 unspecified atom stereocenters. The number of aromatic nitrogens is 4. The SMILES string of the molecule is c1ccc(COC2COc3ccnn3C(C3CC(OCc4ccccc4)Cn4nccc4O3)C2)cc1. The van der Waals surface area contributed by atoms with E-state index < -0.39 is 0 Å². The highest BCUT2D eigenvalue weighted by Gasteiger charge is 2.37. The molecule has 0 saturated carbocycles. The van der Waals surface area contributed by atoms with Crippen LogP contribution in [0.5, 0.6) is 11.8 Å². The van der Waals surface area contributed by atoms with Gasteiger partial charge in [-0.25, -0.2) is 9.36 Å². The maximum Gasteiger partial charge on any atom is 0.212 e. The summed E-state index contributed by atoms with van der Waals surface area (Å²) in [6.07, 6.45) is 4.61.